The normalized spacial score (nSPS) is 20.0. The van der Waals surface area contributed by atoms with Crippen molar-refractivity contribution in [2.45, 2.75) is 24.9 Å². The molecule has 7 heteroatoms. The van der Waals surface area contributed by atoms with Crippen molar-refractivity contribution in [3.05, 3.63) is 71.9 Å². The van der Waals surface area contributed by atoms with Gasteiger partial charge in [0.15, 0.2) is 5.84 Å². The van der Waals surface area contributed by atoms with Crippen LogP contribution in [0.4, 0.5) is 0 Å². The van der Waals surface area contributed by atoms with Crippen LogP contribution in [0.15, 0.2) is 71.5 Å². The van der Waals surface area contributed by atoms with Crippen LogP contribution in [0, 0.1) is 5.41 Å². The molecular formula is C24H32N6O. The van der Waals surface area contributed by atoms with Crippen LogP contribution >= 0.6 is 0 Å². The first-order valence-electron chi connectivity index (χ1n) is 10.7. The molecule has 0 amide bonds. The minimum atomic E-state index is -0.403. The van der Waals surface area contributed by atoms with Gasteiger partial charge in [0.25, 0.3) is 0 Å². The van der Waals surface area contributed by atoms with Crippen molar-refractivity contribution in [3.63, 3.8) is 0 Å². The van der Waals surface area contributed by atoms with Crippen LogP contribution < -0.4 is 26.9 Å². The zero-order valence-electron chi connectivity index (χ0n) is 18.2. The highest BCUT2D eigenvalue weighted by atomic mass is 16.5. The molecule has 1 saturated carbocycles. The van der Waals surface area contributed by atoms with Gasteiger partial charge in [0.2, 0.25) is 0 Å². The van der Waals surface area contributed by atoms with Crippen LogP contribution in [0.5, 0.6) is 11.5 Å². The third kappa shape index (κ3) is 4.68. The largest absolute Gasteiger partial charge is 0.457 e. The first-order valence-corrected chi connectivity index (χ1v) is 10.7. The number of nitrogens with zero attached hydrogens (tertiary/aromatic N) is 2. The summed E-state index contributed by atoms with van der Waals surface area (Å²) in [6, 6.07) is 17.5. The Hall–Kier alpha value is -3.03. The summed E-state index contributed by atoms with van der Waals surface area (Å²) >= 11 is 0. The fourth-order valence-electron chi connectivity index (χ4n) is 4.81. The van der Waals surface area contributed by atoms with E-state index in [2.05, 4.69) is 27.8 Å². The zero-order chi connectivity index (χ0) is 21.8. The Balaban J connectivity index is 1.41. The maximum atomic E-state index is 6.58. The van der Waals surface area contributed by atoms with Crippen molar-refractivity contribution >= 4 is 5.84 Å². The average Bonchev–Trinajstić information content (AvgIpc) is 2.73. The Morgan fingerprint density at radius 2 is 1.77 bits per heavy atom. The summed E-state index contributed by atoms with van der Waals surface area (Å²) < 4.78 is 5.87. The van der Waals surface area contributed by atoms with E-state index in [4.69, 9.17) is 16.2 Å². The van der Waals surface area contributed by atoms with Crippen LogP contribution in [0.3, 0.4) is 0 Å². The van der Waals surface area contributed by atoms with E-state index in [0.29, 0.717) is 17.3 Å². The van der Waals surface area contributed by atoms with Crippen molar-refractivity contribution in [1.29, 1.82) is 0 Å². The van der Waals surface area contributed by atoms with Crippen LogP contribution in [-0.2, 0) is 0 Å². The van der Waals surface area contributed by atoms with Crippen LogP contribution in [-0.4, -0.2) is 44.0 Å². The molecule has 1 heterocycles. The number of hydrazone groups is 1. The lowest BCUT2D eigenvalue weighted by atomic mass is 9.61. The molecule has 0 bridgehead atoms. The molecule has 0 aromatic heterocycles. The topological polar surface area (TPSA) is 101 Å². The number of benzene rings is 2. The highest BCUT2D eigenvalue weighted by Gasteiger charge is 2.51. The maximum Gasteiger partial charge on any atom is 0.152 e. The SMILES string of the molecule is CNN=C(NC1CC2(C1)CN(C)C2)/C(=C\N)C(N)c1ccc(Oc2ccccc2)cc1. The Morgan fingerprint density at radius 1 is 1.13 bits per heavy atom. The second-order valence-corrected chi connectivity index (χ2v) is 8.69. The number of hydrogen-bond donors (Lipinski definition) is 4. The van der Waals surface area contributed by atoms with Gasteiger partial charge in [0.1, 0.15) is 11.5 Å². The molecule has 2 fully saturated rings. The van der Waals surface area contributed by atoms with Gasteiger partial charge in [-0.25, -0.2) is 0 Å². The van der Waals surface area contributed by atoms with Crippen molar-refractivity contribution < 1.29 is 4.74 Å². The number of amidine groups is 1. The van der Waals surface area contributed by atoms with Gasteiger partial charge in [-0.05, 0) is 55.1 Å². The number of hydrogen-bond acceptors (Lipinski definition) is 6. The van der Waals surface area contributed by atoms with Crippen LogP contribution in [0.1, 0.15) is 24.4 Å². The molecule has 1 aliphatic heterocycles. The van der Waals surface area contributed by atoms with E-state index in [1.807, 2.05) is 54.6 Å². The standard InChI is InChI=1S/C24H32N6O/c1-27-29-23(28-18-12-24(13-18)15-30(2)16-24)21(14-25)22(26)17-8-10-20(11-9-17)31-19-6-4-3-5-7-19/h3-11,14,18,22,27H,12-13,15-16,25-26H2,1-2H3,(H,28,29)/b21-14-. The molecule has 2 aliphatic rings. The summed E-state index contributed by atoms with van der Waals surface area (Å²) in [6.45, 7) is 2.36. The average molecular weight is 421 g/mol. The van der Waals surface area contributed by atoms with Gasteiger partial charge >= 0.3 is 0 Å². The number of nitrogens with one attached hydrogen (secondary N) is 2. The predicted molar refractivity (Wildman–Crippen MR) is 125 cm³/mol. The smallest absolute Gasteiger partial charge is 0.152 e. The number of rotatable bonds is 7. The Labute approximate surface area is 184 Å². The fourth-order valence-corrected chi connectivity index (χ4v) is 4.81. The van der Waals surface area contributed by atoms with Gasteiger partial charge < -0.3 is 31.8 Å². The molecule has 2 aromatic rings. The molecule has 1 unspecified atom stereocenters. The lowest BCUT2D eigenvalue weighted by Crippen LogP contribution is -2.65. The zero-order valence-corrected chi connectivity index (χ0v) is 18.2. The fraction of sp³-hybridized carbons (Fsp3) is 0.375. The molecule has 1 spiro atoms. The van der Waals surface area contributed by atoms with Crippen molar-refractivity contribution in [3.8, 4) is 11.5 Å². The molecule has 1 atom stereocenters. The van der Waals surface area contributed by atoms with Crippen molar-refractivity contribution in [1.82, 2.24) is 15.6 Å². The summed E-state index contributed by atoms with van der Waals surface area (Å²) in [5, 5.41) is 7.99. The van der Waals surface area contributed by atoms with E-state index in [1.165, 1.54) is 13.1 Å². The number of likely N-dealkylation sites (tertiary alicyclic amines) is 1. The van der Waals surface area contributed by atoms with Gasteiger partial charge in [-0.1, -0.05) is 30.3 Å². The molecule has 7 nitrogen and oxygen atoms in total. The lowest BCUT2D eigenvalue weighted by molar-refractivity contribution is -0.0605. The van der Waals surface area contributed by atoms with Gasteiger partial charge in [-0.15, -0.1) is 0 Å². The van der Waals surface area contributed by atoms with Crippen LogP contribution in [0.2, 0.25) is 0 Å². The molecular weight excluding hydrogens is 388 g/mol. The molecule has 6 N–H and O–H groups in total. The lowest BCUT2D eigenvalue weighted by Gasteiger charge is -2.58. The second-order valence-electron chi connectivity index (χ2n) is 8.69. The Bertz CT molecular complexity index is 926. The Morgan fingerprint density at radius 3 is 2.35 bits per heavy atom. The molecule has 164 valence electrons. The van der Waals surface area contributed by atoms with Crippen molar-refractivity contribution in [2.24, 2.45) is 22.0 Å². The molecule has 2 aromatic carbocycles. The molecule has 31 heavy (non-hydrogen) atoms. The molecule has 4 rings (SSSR count). The third-order valence-electron chi connectivity index (χ3n) is 6.14. The van der Waals surface area contributed by atoms with E-state index >= 15 is 0 Å². The highest BCUT2D eigenvalue weighted by molar-refractivity contribution is 5.99. The molecule has 1 aliphatic carbocycles. The van der Waals surface area contributed by atoms with Gasteiger partial charge in [0.05, 0.1) is 6.04 Å². The van der Waals surface area contributed by atoms with E-state index in [-0.39, 0.29) is 0 Å². The summed E-state index contributed by atoms with van der Waals surface area (Å²) in [6.07, 6.45) is 3.85. The second kappa shape index (κ2) is 8.99. The van der Waals surface area contributed by atoms with Gasteiger partial charge in [-0.2, -0.15) is 5.10 Å². The predicted octanol–water partition coefficient (Wildman–Crippen LogP) is 2.54. The number of nitrogens with two attached hydrogens (primary N) is 2. The summed E-state index contributed by atoms with van der Waals surface area (Å²) in [4.78, 5) is 2.37. The Kier molecular flexibility index (Phi) is 6.15. The summed E-state index contributed by atoms with van der Waals surface area (Å²) in [5.74, 6) is 2.26. The third-order valence-corrected chi connectivity index (χ3v) is 6.14. The molecule has 1 saturated heterocycles. The quantitative estimate of drug-likeness (QED) is 0.312. The monoisotopic (exact) mass is 420 g/mol. The summed E-state index contributed by atoms with van der Waals surface area (Å²) in [7, 11) is 3.95. The minimum absolute atomic E-state index is 0.393. The first-order chi connectivity index (χ1) is 15.0. The maximum absolute atomic E-state index is 6.58. The first kappa shape index (κ1) is 21.2. The highest BCUT2D eigenvalue weighted by Crippen LogP contribution is 2.47. The van der Waals surface area contributed by atoms with Crippen molar-refractivity contribution in [2.75, 3.05) is 27.2 Å². The summed E-state index contributed by atoms with van der Waals surface area (Å²) in [5.41, 5.74) is 17.6. The number of ether oxygens (including phenoxy) is 1. The van der Waals surface area contributed by atoms with E-state index < -0.39 is 6.04 Å². The number of para-hydroxylation sites is 1. The van der Waals surface area contributed by atoms with E-state index in [1.54, 1.807) is 13.2 Å². The minimum Gasteiger partial charge on any atom is -0.457 e. The van der Waals surface area contributed by atoms with Crippen LogP contribution in [0.25, 0.3) is 0 Å². The van der Waals surface area contributed by atoms with E-state index in [0.717, 1.165) is 35.5 Å². The van der Waals surface area contributed by atoms with Gasteiger partial charge in [-0.3, -0.25) is 0 Å². The van der Waals surface area contributed by atoms with Gasteiger partial charge in [0, 0.05) is 38.0 Å². The van der Waals surface area contributed by atoms with E-state index in [9.17, 15) is 0 Å². The molecule has 0 radical (unpaired) electrons.